The van der Waals surface area contributed by atoms with Crippen LogP contribution in [0.5, 0.6) is 0 Å². The van der Waals surface area contributed by atoms with Crippen LogP contribution in [0.25, 0.3) is 0 Å². The van der Waals surface area contributed by atoms with Gasteiger partial charge in [0, 0.05) is 73.3 Å². The van der Waals surface area contributed by atoms with Gasteiger partial charge in [-0.25, -0.2) is 9.36 Å². The van der Waals surface area contributed by atoms with E-state index in [-0.39, 0.29) is 76.2 Å². The summed E-state index contributed by atoms with van der Waals surface area (Å²) in [6, 6.07) is 8.06. The molecule has 0 saturated carbocycles. The zero-order valence-corrected chi connectivity index (χ0v) is 70.6. The predicted octanol–water partition coefficient (Wildman–Crippen LogP) is 16.4. The van der Waals surface area contributed by atoms with E-state index in [0.29, 0.717) is 59.6 Å². The molecule has 0 saturated heterocycles. The lowest BCUT2D eigenvalue weighted by Crippen LogP contribution is -2.32. The maximum atomic E-state index is 13.1. The summed E-state index contributed by atoms with van der Waals surface area (Å²) in [5.74, 6) is -2.61. The van der Waals surface area contributed by atoms with Gasteiger partial charge in [-0.1, -0.05) is 218 Å². The van der Waals surface area contributed by atoms with E-state index >= 15 is 0 Å². The van der Waals surface area contributed by atoms with Crippen molar-refractivity contribution >= 4 is 89.3 Å². The van der Waals surface area contributed by atoms with E-state index in [1.807, 2.05) is 20.8 Å². The number of anilines is 1. The Kier molecular flexibility index (Phi) is 45.4. The van der Waals surface area contributed by atoms with Crippen LogP contribution in [0.4, 0.5) is 16.2 Å². The molecule has 0 fully saturated rings. The van der Waals surface area contributed by atoms with Crippen LogP contribution in [-0.4, -0.2) is 161 Å². The number of alkyl carbamates (subject to hydrolysis) is 1. The Morgan fingerprint density at radius 1 is 0.532 bits per heavy atom. The van der Waals surface area contributed by atoms with Crippen molar-refractivity contribution in [3.05, 3.63) is 83.6 Å². The van der Waals surface area contributed by atoms with E-state index in [4.69, 9.17) is 23.3 Å². The third-order valence-electron chi connectivity index (χ3n) is 20.2. The van der Waals surface area contributed by atoms with Gasteiger partial charge >= 0.3 is 25.9 Å². The standard InChI is InChI=1S/C79H129N4O23PS4/c1-6-8-10-12-14-16-18-20-22-24-26-28-30-32-37-46-75(85)103-63-65(106-76(86)47-38-33-31-29-27-25-23-21-19-17-15-13-11-9-7-2)64-105-107(88,89)104-58-54-81-77(87)102-57-53-80-74(84)45-39-40-52-79(5)69-62-67(111(99,100)101)49-51-71(69)83(56-42-60-109(93,94)95)73(79)44-36-34-35-43-72-78(3,4)68-61-66(110(96,97)98)48-50-70(68)82(72)55-41-59-108(90,91)92/h34-36,43-44,48-51,61-62,65H,6-33,37-42,45-47,52-60,63-64H2,1-5H3,(H6-,80,81,84,87,88,89,90,91,92,93,94,95,96,97,98,99,100,101)/p+1/t65-,79?/m1/s1. The topological polar surface area (TPSA) is 400 Å². The molecule has 111 heavy (non-hydrogen) atoms. The highest BCUT2D eigenvalue weighted by Crippen LogP contribution is 2.52. The van der Waals surface area contributed by atoms with Crippen molar-refractivity contribution in [1.29, 1.82) is 0 Å². The molecule has 2 unspecified atom stereocenters. The molecule has 32 heteroatoms. The number of hydrogen-bond donors (Lipinski definition) is 7. The molecule has 0 radical (unpaired) electrons. The molecular formula is C79H130N4O23PS4+. The molecular weight excluding hydrogens is 1530 g/mol. The molecule has 4 rings (SSSR count). The van der Waals surface area contributed by atoms with Crippen LogP contribution in [0.15, 0.2) is 82.3 Å². The number of phosphoric acid groups is 1. The first-order valence-electron chi connectivity index (χ1n) is 40.4. The number of amides is 2. The van der Waals surface area contributed by atoms with Gasteiger partial charge in [0.25, 0.3) is 40.5 Å². The molecule has 2 amide bonds. The fraction of sp³-hybridized carbons (Fsp3) is 0.709. The van der Waals surface area contributed by atoms with Crippen molar-refractivity contribution in [2.75, 3.05) is 69.0 Å². The SMILES string of the molecule is CCCCCCCCCCCCCCCCCC(=O)OC[C@H](COP(=O)(O)OCCNC(=O)OCCNC(=O)CCCCC1(C)\C(=C/C=C/C=C/C2=[N+](CCCS(=O)(=O)O)c3ccc(S(=O)(=O)O)cc3C2(C)C)N(CCCS(=O)(=O)O)c2ccc(S(=O)(=O)O)cc21)OC(=O)CCCCCCCCCCCCCCCCC. The molecule has 27 nitrogen and oxygen atoms in total. The van der Waals surface area contributed by atoms with Crippen LogP contribution in [0.1, 0.15) is 290 Å². The monoisotopic (exact) mass is 1660 g/mol. The number of phosphoric ester groups is 1. The molecule has 632 valence electrons. The molecule has 2 aliphatic heterocycles. The molecule has 2 aliphatic rings. The fourth-order valence-electron chi connectivity index (χ4n) is 14.1. The van der Waals surface area contributed by atoms with Gasteiger partial charge in [-0.05, 0) is 94.8 Å². The van der Waals surface area contributed by atoms with E-state index in [1.165, 1.54) is 171 Å². The number of carbonyl (C=O) groups is 4. The van der Waals surface area contributed by atoms with E-state index in [0.717, 1.165) is 44.9 Å². The van der Waals surface area contributed by atoms with E-state index in [1.54, 1.807) is 39.9 Å². The minimum absolute atomic E-state index is 0.000871. The highest BCUT2D eigenvalue weighted by atomic mass is 32.2. The van der Waals surface area contributed by atoms with Crippen LogP contribution >= 0.6 is 7.82 Å². The van der Waals surface area contributed by atoms with Crippen molar-refractivity contribution in [2.45, 2.75) is 305 Å². The number of benzene rings is 2. The quantitative estimate of drug-likeness (QED) is 0.00615. The van der Waals surface area contributed by atoms with Gasteiger partial charge < -0.3 is 34.6 Å². The van der Waals surface area contributed by atoms with E-state index in [2.05, 4.69) is 24.5 Å². The van der Waals surface area contributed by atoms with Crippen LogP contribution in [0.3, 0.4) is 0 Å². The number of allylic oxidation sites excluding steroid dienone is 6. The molecule has 2 aromatic rings. The number of esters is 2. The number of unbranched alkanes of at least 4 members (excludes halogenated alkanes) is 29. The van der Waals surface area contributed by atoms with E-state index in [9.17, 15) is 80.5 Å². The van der Waals surface area contributed by atoms with Crippen molar-refractivity contribution in [2.24, 2.45) is 0 Å². The molecule has 0 aromatic heterocycles. The Hall–Kier alpha value is -5.44. The zero-order valence-electron chi connectivity index (χ0n) is 66.4. The van der Waals surface area contributed by atoms with Crippen LogP contribution < -0.4 is 15.5 Å². The zero-order chi connectivity index (χ0) is 81.8. The van der Waals surface area contributed by atoms with Gasteiger partial charge in [0.2, 0.25) is 11.6 Å². The first kappa shape index (κ1) is 97.9. The van der Waals surface area contributed by atoms with Crippen LogP contribution in [-0.2, 0) is 93.5 Å². The Morgan fingerprint density at radius 3 is 1.53 bits per heavy atom. The van der Waals surface area contributed by atoms with Gasteiger partial charge in [0.15, 0.2) is 11.8 Å². The minimum atomic E-state index is -4.80. The van der Waals surface area contributed by atoms with Crippen molar-refractivity contribution < 1.29 is 108 Å². The summed E-state index contributed by atoms with van der Waals surface area (Å²) in [5.41, 5.74) is 1.19. The molecule has 0 spiro atoms. The number of nitrogens with zero attached hydrogens (tertiary/aromatic N) is 2. The number of nitrogens with one attached hydrogen (secondary N) is 2. The molecule has 0 bridgehead atoms. The summed E-state index contributed by atoms with van der Waals surface area (Å²) in [5, 5.41) is 5.05. The Morgan fingerprint density at radius 2 is 1.01 bits per heavy atom. The van der Waals surface area contributed by atoms with E-state index < -0.39 is 125 Å². The largest absolute Gasteiger partial charge is 0.472 e. The lowest BCUT2D eigenvalue weighted by atomic mass is 9.77. The highest BCUT2D eigenvalue weighted by Gasteiger charge is 2.46. The fourth-order valence-corrected chi connectivity index (χ4v) is 16.8. The number of fused-ring (bicyclic) bond motifs is 2. The Balaban J connectivity index is 1.28. The first-order chi connectivity index (χ1) is 52.6. The second-order valence-corrected chi connectivity index (χ2v) is 37.4. The summed E-state index contributed by atoms with van der Waals surface area (Å²) >= 11 is 0. The lowest BCUT2D eigenvalue weighted by molar-refractivity contribution is -0.437. The van der Waals surface area contributed by atoms with Crippen molar-refractivity contribution in [3.63, 3.8) is 0 Å². The van der Waals surface area contributed by atoms with Crippen molar-refractivity contribution in [3.8, 4) is 0 Å². The summed E-state index contributed by atoms with van der Waals surface area (Å²) in [4.78, 5) is 63.2. The van der Waals surface area contributed by atoms with Crippen LogP contribution in [0, 0.1) is 0 Å². The number of ether oxygens (including phenoxy) is 3. The average molecular weight is 1660 g/mol. The summed E-state index contributed by atoms with van der Waals surface area (Å²) in [7, 11) is -22.9. The maximum absolute atomic E-state index is 13.1. The normalized spacial score (nSPS) is 16.3. The smallest absolute Gasteiger partial charge is 0.462 e. The number of carbonyl (C=O) groups excluding carboxylic acids is 4. The third kappa shape index (κ3) is 39.6. The van der Waals surface area contributed by atoms with Gasteiger partial charge in [0.1, 0.15) is 19.8 Å². The Bertz CT molecular complexity index is 3850. The molecule has 2 heterocycles. The van der Waals surface area contributed by atoms with Gasteiger partial charge in [-0.3, -0.25) is 41.6 Å². The van der Waals surface area contributed by atoms with Gasteiger partial charge in [0.05, 0.1) is 46.5 Å². The second-order valence-electron chi connectivity index (χ2n) is 29.9. The van der Waals surface area contributed by atoms with Gasteiger partial charge in [-0.15, -0.1) is 0 Å². The summed E-state index contributed by atoms with van der Waals surface area (Å²) in [6.07, 6.45) is 42.7. The van der Waals surface area contributed by atoms with Gasteiger partial charge in [-0.2, -0.15) is 38.2 Å². The predicted molar refractivity (Wildman–Crippen MR) is 431 cm³/mol. The summed E-state index contributed by atoms with van der Waals surface area (Å²) in [6.45, 7) is 7.85. The lowest BCUT2D eigenvalue weighted by Gasteiger charge is -2.30. The number of rotatable bonds is 63. The Labute approximate surface area is 662 Å². The third-order valence-corrected chi connectivity index (χ3v) is 24.5. The first-order valence-corrected chi connectivity index (χ1v) is 48.0. The second kappa shape index (κ2) is 51.5. The summed E-state index contributed by atoms with van der Waals surface area (Å²) < 4.78 is 177. The van der Waals surface area contributed by atoms with Crippen molar-refractivity contribution in [1.82, 2.24) is 10.6 Å². The minimum Gasteiger partial charge on any atom is -0.462 e. The molecule has 2 aromatic carbocycles. The number of hydrogen-bond acceptors (Lipinski definition) is 19. The molecule has 0 aliphatic carbocycles. The molecule has 7 N–H and O–H groups in total. The molecule has 3 atom stereocenters. The van der Waals surface area contributed by atoms with Crippen LogP contribution in [0.2, 0.25) is 0 Å². The maximum Gasteiger partial charge on any atom is 0.472 e. The average Bonchev–Trinajstić information content (AvgIpc) is 1.59. The highest BCUT2D eigenvalue weighted by molar-refractivity contribution is 7.86.